The number of aliphatic carboxylic acids is 1. The highest BCUT2D eigenvalue weighted by molar-refractivity contribution is 5.66. The quantitative estimate of drug-likeness (QED) is 0.369. The Balaban J connectivity index is 2.30. The van der Waals surface area contributed by atoms with Crippen LogP contribution in [0.3, 0.4) is 0 Å². The number of hydrogen-bond donors (Lipinski definition) is 3. The van der Waals surface area contributed by atoms with Gasteiger partial charge in [-0.25, -0.2) is 5.84 Å². The summed E-state index contributed by atoms with van der Waals surface area (Å²) in [6.07, 6.45) is 5.84. The fraction of sp³-hybridized carbons (Fsp3) is 0.385. The van der Waals surface area contributed by atoms with Crippen molar-refractivity contribution in [3.05, 3.63) is 36.3 Å². The summed E-state index contributed by atoms with van der Waals surface area (Å²) in [6.45, 7) is 0.632. The van der Waals surface area contributed by atoms with Crippen LogP contribution in [0.1, 0.15) is 31.4 Å². The Morgan fingerprint density at radius 2 is 2.16 bits per heavy atom. The van der Waals surface area contributed by atoms with Gasteiger partial charge in [0.1, 0.15) is 0 Å². The number of pyridine rings is 1. The molecule has 0 saturated heterocycles. The van der Waals surface area contributed by atoms with E-state index in [-0.39, 0.29) is 6.42 Å². The largest absolute Gasteiger partial charge is 0.481 e. The van der Waals surface area contributed by atoms with Crippen LogP contribution >= 0.6 is 0 Å². The van der Waals surface area contributed by atoms with Crippen LogP contribution in [0.15, 0.2) is 30.6 Å². The first-order valence-corrected chi connectivity index (χ1v) is 6.21. The molecule has 1 aromatic rings. The standard InChI is InChI=1S/C13H20N4O2/c14-11(12-6-3-4-8-16-12)10-17(15)9-5-1-2-7-13(18)19/h3-4,6,8,10H,1-2,5,7,9,14-15H2,(H,18,19)/b11-10-. The summed E-state index contributed by atoms with van der Waals surface area (Å²) in [5.41, 5.74) is 7.06. The van der Waals surface area contributed by atoms with Gasteiger partial charge in [-0.05, 0) is 25.0 Å². The topological polar surface area (TPSA) is 105 Å². The molecule has 6 nitrogen and oxygen atoms in total. The number of carboxylic acid groups (broad SMARTS) is 1. The van der Waals surface area contributed by atoms with Crippen molar-refractivity contribution in [2.24, 2.45) is 11.6 Å². The predicted octanol–water partition coefficient (Wildman–Crippen LogP) is 1.16. The average molecular weight is 264 g/mol. The van der Waals surface area contributed by atoms with Crippen molar-refractivity contribution < 1.29 is 9.90 Å². The second-order valence-corrected chi connectivity index (χ2v) is 4.24. The first-order chi connectivity index (χ1) is 9.09. The van der Waals surface area contributed by atoms with E-state index in [1.54, 1.807) is 12.4 Å². The SMILES string of the molecule is N/C(=C\N(N)CCCCCC(=O)O)c1ccccn1. The molecule has 0 saturated carbocycles. The van der Waals surface area contributed by atoms with Gasteiger partial charge in [-0.15, -0.1) is 0 Å². The molecule has 0 spiro atoms. The lowest BCUT2D eigenvalue weighted by Crippen LogP contribution is -2.27. The van der Waals surface area contributed by atoms with Crippen molar-refractivity contribution in [3.8, 4) is 0 Å². The molecule has 6 heteroatoms. The molecule has 1 aromatic heterocycles. The molecule has 5 N–H and O–H groups in total. The van der Waals surface area contributed by atoms with Crippen molar-refractivity contribution >= 4 is 11.7 Å². The highest BCUT2D eigenvalue weighted by Gasteiger charge is 2.01. The molecule has 0 atom stereocenters. The predicted molar refractivity (Wildman–Crippen MR) is 73.4 cm³/mol. The summed E-state index contributed by atoms with van der Waals surface area (Å²) < 4.78 is 0. The van der Waals surface area contributed by atoms with Crippen molar-refractivity contribution in [2.45, 2.75) is 25.7 Å². The van der Waals surface area contributed by atoms with Crippen LogP contribution in [-0.2, 0) is 4.79 Å². The molecule has 0 aliphatic heterocycles. The van der Waals surface area contributed by atoms with Gasteiger partial charge in [0.25, 0.3) is 0 Å². The highest BCUT2D eigenvalue weighted by atomic mass is 16.4. The average Bonchev–Trinajstić information content (AvgIpc) is 2.39. The zero-order chi connectivity index (χ0) is 14.1. The number of nitrogens with zero attached hydrogens (tertiary/aromatic N) is 2. The molecular formula is C13H20N4O2. The van der Waals surface area contributed by atoms with Crippen LogP contribution in [0.4, 0.5) is 0 Å². The summed E-state index contributed by atoms with van der Waals surface area (Å²) in [5, 5.41) is 10.0. The third-order valence-electron chi connectivity index (χ3n) is 2.57. The minimum absolute atomic E-state index is 0.205. The maximum Gasteiger partial charge on any atom is 0.303 e. The van der Waals surface area contributed by atoms with E-state index in [4.69, 9.17) is 16.7 Å². The van der Waals surface area contributed by atoms with Gasteiger partial charge in [-0.3, -0.25) is 9.78 Å². The first-order valence-electron chi connectivity index (χ1n) is 6.21. The molecule has 0 bridgehead atoms. The Kier molecular flexibility index (Phi) is 6.38. The molecule has 1 rings (SSSR count). The molecule has 0 fully saturated rings. The Hall–Kier alpha value is -2.08. The van der Waals surface area contributed by atoms with Crippen molar-refractivity contribution in [3.63, 3.8) is 0 Å². The summed E-state index contributed by atoms with van der Waals surface area (Å²) in [7, 11) is 0. The number of carboxylic acids is 1. The molecule has 0 aliphatic carbocycles. The lowest BCUT2D eigenvalue weighted by Gasteiger charge is -2.14. The Morgan fingerprint density at radius 1 is 1.37 bits per heavy atom. The monoisotopic (exact) mass is 264 g/mol. The molecule has 0 aliphatic rings. The third-order valence-corrected chi connectivity index (χ3v) is 2.57. The summed E-state index contributed by atoms with van der Waals surface area (Å²) in [6, 6.07) is 5.49. The van der Waals surface area contributed by atoms with Gasteiger partial charge in [-0.2, -0.15) is 0 Å². The number of unbranched alkanes of at least 4 members (excludes halogenated alkanes) is 2. The summed E-state index contributed by atoms with van der Waals surface area (Å²) in [5.74, 6) is 5.03. The lowest BCUT2D eigenvalue weighted by atomic mass is 10.2. The van der Waals surface area contributed by atoms with Crippen molar-refractivity contribution in [1.82, 2.24) is 9.99 Å². The highest BCUT2D eigenvalue weighted by Crippen LogP contribution is 2.05. The molecule has 0 aromatic carbocycles. The second-order valence-electron chi connectivity index (χ2n) is 4.24. The molecule has 0 radical (unpaired) electrons. The summed E-state index contributed by atoms with van der Waals surface area (Å²) in [4.78, 5) is 14.5. The Morgan fingerprint density at radius 3 is 2.79 bits per heavy atom. The fourth-order valence-corrected chi connectivity index (χ4v) is 1.59. The number of rotatable bonds is 8. The molecule has 19 heavy (non-hydrogen) atoms. The van der Waals surface area contributed by atoms with Crippen molar-refractivity contribution in [1.29, 1.82) is 0 Å². The minimum atomic E-state index is -0.760. The molecule has 104 valence electrons. The van der Waals surface area contributed by atoms with Gasteiger partial charge in [-0.1, -0.05) is 12.5 Å². The van der Waals surface area contributed by atoms with Crippen LogP contribution < -0.4 is 11.6 Å². The van der Waals surface area contributed by atoms with Crippen LogP contribution in [0, 0.1) is 0 Å². The number of nitrogens with two attached hydrogens (primary N) is 2. The third kappa shape index (κ3) is 6.42. The number of hydrazine groups is 1. The van der Waals surface area contributed by atoms with E-state index in [2.05, 4.69) is 4.98 Å². The molecule has 1 heterocycles. The van der Waals surface area contributed by atoms with E-state index in [1.807, 2.05) is 18.2 Å². The number of carbonyl (C=O) groups is 1. The summed E-state index contributed by atoms with van der Waals surface area (Å²) >= 11 is 0. The molecule has 0 unspecified atom stereocenters. The van der Waals surface area contributed by atoms with E-state index in [0.717, 1.165) is 12.8 Å². The maximum atomic E-state index is 10.3. The minimum Gasteiger partial charge on any atom is -0.481 e. The van der Waals surface area contributed by atoms with Gasteiger partial charge < -0.3 is 15.8 Å². The second kappa shape index (κ2) is 8.10. The lowest BCUT2D eigenvalue weighted by molar-refractivity contribution is -0.137. The van der Waals surface area contributed by atoms with Gasteiger partial charge in [0.05, 0.1) is 11.4 Å². The Bertz CT molecular complexity index is 420. The van der Waals surface area contributed by atoms with Gasteiger partial charge in [0, 0.05) is 25.4 Å². The maximum absolute atomic E-state index is 10.3. The fourth-order valence-electron chi connectivity index (χ4n) is 1.59. The van der Waals surface area contributed by atoms with E-state index in [9.17, 15) is 4.79 Å². The van der Waals surface area contributed by atoms with Gasteiger partial charge in [0.2, 0.25) is 0 Å². The normalized spacial score (nSPS) is 11.3. The van der Waals surface area contributed by atoms with Crippen LogP contribution in [0.2, 0.25) is 0 Å². The van der Waals surface area contributed by atoms with Crippen molar-refractivity contribution in [2.75, 3.05) is 6.54 Å². The molecular weight excluding hydrogens is 244 g/mol. The number of hydrogen-bond acceptors (Lipinski definition) is 5. The first kappa shape index (κ1) is 15.0. The number of aromatic nitrogens is 1. The van der Waals surface area contributed by atoms with Crippen LogP contribution in [0.25, 0.3) is 5.70 Å². The zero-order valence-corrected chi connectivity index (χ0v) is 10.8. The van der Waals surface area contributed by atoms with E-state index < -0.39 is 5.97 Å². The van der Waals surface area contributed by atoms with Crippen LogP contribution in [0.5, 0.6) is 0 Å². The zero-order valence-electron chi connectivity index (χ0n) is 10.8. The smallest absolute Gasteiger partial charge is 0.303 e. The van der Waals surface area contributed by atoms with Gasteiger partial charge >= 0.3 is 5.97 Å². The molecule has 0 amide bonds. The van der Waals surface area contributed by atoms with E-state index >= 15 is 0 Å². The Labute approximate surface area is 112 Å². The van der Waals surface area contributed by atoms with Gasteiger partial charge in [0.15, 0.2) is 0 Å². The van der Waals surface area contributed by atoms with E-state index in [0.29, 0.717) is 24.4 Å². The van der Waals surface area contributed by atoms with E-state index in [1.165, 1.54) is 5.01 Å². The van der Waals surface area contributed by atoms with Crippen LogP contribution in [-0.4, -0.2) is 27.6 Å².